The van der Waals surface area contributed by atoms with E-state index in [1.54, 1.807) is 6.07 Å². The second-order valence-corrected chi connectivity index (χ2v) is 5.90. The molecule has 20 heavy (non-hydrogen) atoms. The van der Waals surface area contributed by atoms with Gasteiger partial charge in [0.2, 0.25) is 5.88 Å². The van der Waals surface area contributed by atoms with Gasteiger partial charge in [0.1, 0.15) is 5.82 Å². The number of nitrogen functional groups attached to an aromatic ring is 1. The molecule has 0 radical (unpaired) electrons. The highest BCUT2D eigenvalue weighted by atomic mass is 16.5. The van der Waals surface area contributed by atoms with Crippen molar-refractivity contribution in [2.24, 2.45) is 0 Å². The molecule has 0 unspecified atom stereocenters. The number of rotatable bonds is 5. The van der Waals surface area contributed by atoms with Gasteiger partial charge in [-0.3, -0.25) is 0 Å². The van der Waals surface area contributed by atoms with Gasteiger partial charge in [0.15, 0.2) is 0 Å². The fourth-order valence-electron chi connectivity index (χ4n) is 2.51. The maximum atomic E-state index is 10.5. The Hall–Kier alpha value is -1.49. The van der Waals surface area contributed by atoms with Crippen LogP contribution in [0.4, 0.5) is 11.5 Å². The van der Waals surface area contributed by atoms with Gasteiger partial charge in [-0.05, 0) is 38.8 Å². The number of nitrogens with one attached hydrogen (secondary N) is 1. The Balaban J connectivity index is 1.98. The average molecular weight is 279 g/mol. The van der Waals surface area contributed by atoms with Crippen molar-refractivity contribution in [1.82, 2.24) is 4.98 Å². The lowest BCUT2D eigenvalue weighted by Crippen LogP contribution is -2.38. The number of aromatic nitrogens is 1. The van der Waals surface area contributed by atoms with E-state index in [1.165, 1.54) is 6.42 Å². The highest BCUT2D eigenvalue weighted by molar-refractivity contribution is 5.53. The molecule has 1 fully saturated rings. The standard InChI is InChI=1S/C15H25N3O2/c1-11(2)20-14-12(16)6-7-13(18-14)17-10-15(19)8-4-3-5-9-15/h6-7,11,19H,3-5,8-10,16H2,1-2H3,(H,17,18). The Morgan fingerprint density at radius 1 is 1.35 bits per heavy atom. The van der Waals surface area contributed by atoms with Crippen molar-refractivity contribution in [3.63, 3.8) is 0 Å². The van der Waals surface area contributed by atoms with Crippen LogP contribution in [0.15, 0.2) is 12.1 Å². The lowest BCUT2D eigenvalue weighted by molar-refractivity contribution is 0.0166. The molecule has 1 saturated carbocycles. The number of hydrogen-bond acceptors (Lipinski definition) is 5. The number of aliphatic hydroxyl groups is 1. The van der Waals surface area contributed by atoms with E-state index in [0.717, 1.165) is 25.7 Å². The van der Waals surface area contributed by atoms with Crippen LogP contribution in [0.5, 0.6) is 5.88 Å². The Labute approximate surface area is 120 Å². The third-order valence-electron chi connectivity index (χ3n) is 3.62. The van der Waals surface area contributed by atoms with Crippen LogP contribution in [0.3, 0.4) is 0 Å². The van der Waals surface area contributed by atoms with E-state index < -0.39 is 5.60 Å². The van der Waals surface area contributed by atoms with E-state index >= 15 is 0 Å². The van der Waals surface area contributed by atoms with Crippen LogP contribution in [0, 0.1) is 0 Å². The molecule has 0 amide bonds. The van der Waals surface area contributed by atoms with Gasteiger partial charge in [0, 0.05) is 6.54 Å². The lowest BCUT2D eigenvalue weighted by atomic mass is 9.85. The minimum absolute atomic E-state index is 0.0302. The Kier molecular flexibility index (Phi) is 4.70. The maximum Gasteiger partial charge on any atom is 0.239 e. The topological polar surface area (TPSA) is 80.4 Å². The number of pyridine rings is 1. The van der Waals surface area contributed by atoms with Crippen molar-refractivity contribution in [1.29, 1.82) is 0 Å². The minimum atomic E-state index is -0.611. The van der Waals surface area contributed by atoms with Gasteiger partial charge in [0.25, 0.3) is 0 Å². The van der Waals surface area contributed by atoms with Crippen molar-refractivity contribution in [2.75, 3.05) is 17.6 Å². The van der Waals surface area contributed by atoms with Crippen molar-refractivity contribution in [3.8, 4) is 5.88 Å². The summed E-state index contributed by atoms with van der Waals surface area (Å²) in [6, 6.07) is 3.59. The molecule has 2 rings (SSSR count). The number of nitrogens with zero attached hydrogens (tertiary/aromatic N) is 1. The van der Waals surface area contributed by atoms with Gasteiger partial charge in [-0.25, -0.2) is 0 Å². The molecule has 5 heteroatoms. The summed E-state index contributed by atoms with van der Waals surface area (Å²) in [7, 11) is 0. The van der Waals surface area contributed by atoms with Crippen LogP contribution in [0.25, 0.3) is 0 Å². The van der Waals surface area contributed by atoms with Gasteiger partial charge in [-0.1, -0.05) is 19.3 Å². The molecule has 0 saturated heterocycles. The van der Waals surface area contributed by atoms with Crippen LogP contribution in [-0.2, 0) is 0 Å². The number of ether oxygens (including phenoxy) is 1. The van der Waals surface area contributed by atoms with Gasteiger partial charge in [-0.2, -0.15) is 4.98 Å². The highest BCUT2D eigenvalue weighted by Crippen LogP contribution is 2.29. The zero-order chi connectivity index (χ0) is 14.6. The second kappa shape index (κ2) is 6.31. The van der Waals surface area contributed by atoms with Crippen LogP contribution >= 0.6 is 0 Å². The molecule has 1 aromatic heterocycles. The van der Waals surface area contributed by atoms with E-state index in [1.807, 2.05) is 19.9 Å². The molecular weight excluding hydrogens is 254 g/mol. The van der Waals surface area contributed by atoms with Gasteiger partial charge < -0.3 is 20.9 Å². The molecule has 5 nitrogen and oxygen atoms in total. The monoisotopic (exact) mass is 279 g/mol. The highest BCUT2D eigenvalue weighted by Gasteiger charge is 2.28. The molecule has 0 aliphatic heterocycles. The summed E-state index contributed by atoms with van der Waals surface area (Å²) in [5, 5.41) is 13.7. The third kappa shape index (κ3) is 4.00. The lowest BCUT2D eigenvalue weighted by Gasteiger charge is -2.32. The Bertz CT molecular complexity index is 443. The molecular formula is C15H25N3O2. The van der Waals surface area contributed by atoms with Crippen molar-refractivity contribution < 1.29 is 9.84 Å². The van der Waals surface area contributed by atoms with Gasteiger partial charge in [-0.15, -0.1) is 0 Å². The van der Waals surface area contributed by atoms with Crippen LogP contribution in [0.1, 0.15) is 46.0 Å². The fraction of sp³-hybridized carbons (Fsp3) is 0.667. The molecule has 112 valence electrons. The fourth-order valence-corrected chi connectivity index (χ4v) is 2.51. The SMILES string of the molecule is CC(C)Oc1nc(NCC2(O)CCCCC2)ccc1N. The molecule has 0 atom stereocenters. The molecule has 4 N–H and O–H groups in total. The van der Waals surface area contributed by atoms with E-state index in [0.29, 0.717) is 23.9 Å². The normalized spacial score (nSPS) is 18.0. The number of nitrogens with two attached hydrogens (primary N) is 1. The predicted octanol–water partition coefficient (Wildman–Crippen LogP) is 2.56. The molecule has 1 heterocycles. The first-order chi connectivity index (χ1) is 9.48. The first-order valence-corrected chi connectivity index (χ1v) is 7.38. The summed E-state index contributed by atoms with van der Waals surface area (Å²) in [4.78, 5) is 4.36. The summed E-state index contributed by atoms with van der Waals surface area (Å²) in [6.45, 7) is 4.39. The van der Waals surface area contributed by atoms with E-state index in [-0.39, 0.29) is 6.10 Å². The van der Waals surface area contributed by atoms with Crippen molar-refractivity contribution >= 4 is 11.5 Å². The summed E-state index contributed by atoms with van der Waals surface area (Å²) < 4.78 is 5.56. The van der Waals surface area contributed by atoms with Gasteiger partial charge >= 0.3 is 0 Å². The molecule has 0 aromatic carbocycles. The number of anilines is 2. The zero-order valence-electron chi connectivity index (χ0n) is 12.4. The van der Waals surface area contributed by atoms with Crippen molar-refractivity contribution in [2.45, 2.75) is 57.7 Å². The molecule has 0 spiro atoms. The Morgan fingerprint density at radius 2 is 2.05 bits per heavy atom. The van der Waals surface area contributed by atoms with E-state index in [2.05, 4.69) is 10.3 Å². The van der Waals surface area contributed by atoms with Crippen LogP contribution in [-0.4, -0.2) is 28.3 Å². The largest absolute Gasteiger partial charge is 0.473 e. The summed E-state index contributed by atoms with van der Waals surface area (Å²) in [6.07, 6.45) is 5.13. The smallest absolute Gasteiger partial charge is 0.239 e. The maximum absolute atomic E-state index is 10.5. The van der Waals surface area contributed by atoms with Crippen LogP contribution in [0.2, 0.25) is 0 Å². The Morgan fingerprint density at radius 3 is 2.70 bits per heavy atom. The molecule has 0 bridgehead atoms. The second-order valence-electron chi connectivity index (χ2n) is 5.90. The third-order valence-corrected chi connectivity index (χ3v) is 3.62. The summed E-state index contributed by atoms with van der Waals surface area (Å²) in [5.41, 5.74) is 5.76. The van der Waals surface area contributed by atoms with E-state index in [9.17, 15) is 5.11 Å². The molecule has 1 aromatic rings. The first kappa shape index (κ1) is 14.9. The summed E-state index contributed by atoms with van der Waals surface area (Å²) in [5.74, 6) is 1.13. The van der Waals surface area contributed by atoms with E-state index in [4.69, 9.17) is 10.5 Å². The first-order valence-electron chi connectivity index (χ1n) is 7.38. The predicted molar refractivity (Wildman–Crippen MR) is 80.9 cm³/mol. The average Bonchev–Trinajstić information content (AvgIpc) is 2.40. The van der Waals surface area contributed by atoms with Crippen molar-refractivity contribution in [3.05, 3.63) is 12.1 Å². The van der Waals surface area contributed by atoms with Crippen LogP contribution < -0.4 is 15.8 Å². The van der Waals surface area contributed by atoms with Gasteiger partial charge in [0.05, 0.1) is 17.4 Å². The zero-order valence-corrected chi connectivity index (χ0v) is 12.4. The number of hydrogen-bond donors (Lipinski definition) is 3. The molecule has 1 aliphatic carbocycles. The summed E-state index contributed by atoms with van der Waals surface area (Å²) >= 11 is 0. The molecule has 1 aliphatic rings. The minimum Gasteiger partial charge on any atom is -0.473 e. The quantitative estimate of drug-likeness (QED) is 0.772.